The van der Waals surface area contributed by atoms with Gasteiger partial charge < -0.3 is 9.84 Å². The number of rotatable bonds is 4. The summed E-state index contributed by atoms with van der Waals surface area (Å²) in [6.07, 6.45) is 0.870. The molecular weight excluding hydrogens is 160 g/mol. The van der Waals surface area contributed by atoms with Gasteiger partial charge in [0.2, 0.25) is 5.88 Å². The van der Waals surface area contributed by atoms with Crippen molar-refractivity contribution in [1.29, 1.82) is 0 Å². The van der Waals surface area contributed by atoms with Crippen molar-refractivity contribution in [2.45, 2.75) is 13.3 Å². The van der Waals surface area contributed by atoms with Crippen molar-refractivity contribution in [3.8, 4) is 5.88 Å². The molecule has 0 spiro atoms. The molecule has 2 N–H and O–H groups in total. The smallest absolute Gasteiger partial charge is 0.354 e. The van der Waals surface area contributed by atoms with Gasteiger partial charge in [0.15, 0.2) is 0 Å². The fraction of sp³-hybridized carbons (Fsp3) is 0.429. The van der Waals surface area contributed by atoms with Crippen LogP contribution in [0.5, 0.6) is 5.88 Å². The standard InChI is InChI=1S/C7H10N2O3/c1-2-3-12-6-4-5(7(10)11)8-9-6/h4H,2-3H2,1H3,(H,8,9)(H,10,11). The molecule has 0 aliphatic heterocycles. The van der Waals surface area contributed by atoms with Gasteiger partial charge in [-0.05, 0) is 6.42 Å². The number of ether oxygens (including phenoxy) is 1. The molecule has 5 nitrogen and oxygen atoms in total. The first-order valence-electron chi connectivity index (χ1n) is 3.65. The molecule has 0 aromatic carbocycles. The minimum Gasteiger partial charge on any atom is -0.477 e. The largest absolute Gasteiger partial charge is 0.477 e. The third kappa shape index (κ3) is 1.98. The van der Waals surface area contributed by atoms with E-state index in [2.05, 4.69) is 10.2 Å². The van der Waals surface area contributed by atoms with E-state index in [1.54, 1.807) is 0 Å². The zero-order valence-corrected chi connectivity index (χ0v) is 6.70. The van der Waals surface area contributed by atoms with E-state index in [9.17, 15) is 4.79 Å². The normalized spacial score (nSPS) is 9.75. The molecule has 1 aromatic rings. The molecule has 0 bridgehead atoms. The van der Waals surface area contributed by atoms with E-state index >= 15 is 0 Å². The summed E-state index contributed by atoms with van der Waals surface area (Å²) in [4.78, 5) is 10.4. The Balaban J connectivity index is 2.58. The number of nitrogens with zero attached hydrogens (tertiary/aromatic N) is 1. The molecule has 12 heavy (non-hydrogen) atoms. The summed E-state index contributed by atoms with van der Waals surface area (Å²) in [6, 6.07) is 1.36. The molecule has 0 aliphatic carbocycles. The average molecular weight is 170 g/mol. The van der Waals surface area contributed by atoms with E-state index in [1.165, 1.54) is 6.07 Å². The van der Waals surface area contributed by atoms with Crippen molar-refractivity contribution in [3.63, 3.8) is 0 Å². The second kappa shape index (κ2) is 3.75. The Morgan fingerprint density at radius 2 is 2.58 bits per heavy atom. The van der Waals surface area contributed by atoms with Gasteiger partial charge in [0, 0.05) is 6.07 Å². The molecular formula is C7H10N2O3. The van der Waals surface area contributed by atoms with Gasteiger partial charge >= 0.3 is 5.97 Å². The van der Waals surface area contributed by atoms with Crippen LogP contribution in [0.25, 0.3) is 0 Å². The van der Waals surface area contributed by atoms with Crippen LogP contribution in [0, 0.1) is 0 Å². The van der Waals surface area contributed by atoms with Gasteiger partial charge in [-0.15, -0.1) is 5.10 Å². The Morgan fingerprint density at radius 1 is 1.83 bits per heavy atom. The predicted molar refractivity (Wildman–Crippen MR) is 41.3 cm³/mol. The van der Waals surface area contributed by atoms with Crippen molar-refractivity contribution in [2.24, 2.45) is 0 Å². The number of carboxylic acids is 1. The summed E-state index contributed by atoms with van der Waals surface area (Å²) in [6.45, 7) is 2.51. The molecule has 0 saturated heterocycles. The maximum Gasteiger partial charge on any atom is 0.354 e. The van der Waals surface area contributed by atoms with E-state index < -0.39 is 5.97 Å². The van der Waals surface area contributed by atoms with Gasteiger partial charge in [-0.3, -0.25) is 5.10 Å². The second-order valence-electron chi connectivity index (χ2n) is 2.27. The summed E-state index contributed by atoms with van der Waals surface area (Å²) in [7, 11) is 0. The summed E-state index contributed by atoms with van der Waals surface area (Å²) in [5.74, 6) is -0.705. The molecule has 1 heterocycles. The van der Waals surface area contributed by atoms with Gasteiger partial charge in [-0.25, -0.2) is 4.79 Å². The number of aromatic carboxylic acids is 1. The molecule has 0 atom stereocenters. The van der Waals surface area contributed by atoms with Gasteiger partial charge in [-0.2, -0.15) is 0 Å². The molecule has 1 aromatic heterocycles. The van der Waals surface area contributed by atoms with Crippen molar-refractivity contribution < 1.29 is 14.6 Å². The fourth-order valence-corrected chi connectivity index (χ4v) is 0.693. The van der Waals surface area contributed by atoms with E-state index in [-0.39, 0.29) is 5.69 Å². The maximum absolute atomic E-state index is 10.4. The van der Waals surface area contributed by atoms with Crippen LogP contribution in [0.3, 0.4) is 0 Å². The topological polar surface area (TPSA) is 75.2 Å². The number of carbonyl (C=O) groups is 1. The number of H-pyrrole nitrogens is 1. The highest BCUT2D eigenvalue weighted by Gasteiger charge is 2.07. The number of carboxylic acid groups (broad SMARTS) is 1. The van der Waals surface area contributed by atoms with Crippen LogP contribution in [0.4, 0.5) is 0 Å². The molecule has 0 amide bonds. The SMILES string of the molecule is CCCOc1cc(C(=O)O)[nH]n1. The lowest BCUT2D eigenvalue weighted by Gasteiger charge is -1.96. The number of aromatic nitrogens is 2. The Morgan fingerprint density at radius 3 is 3.08 bits per heavy atom. The lowest BCUT2D eigenvalue weighted by atomic mass is 10.4. The van der Waals surface area contributed by atoms with Gasteiger partial charge in [-0.1, -0.05) is 6.92 Å². The second-order valence-corrected chi connectivity index (χ2v) is 2.27. The van der Waals surface area contributed by atoms with Crippen LogP contribution in [-0.4, -0.2) is 27.9 Å². The molecule has 0 fully saturated rings. The summed E-state index contributed by atoms with van der Waals surface area (Å²) < 4.78 is 5.08. The lowest BCUT2D eigenvalue weighted by molar-refractivity contribution is 0.0690. The van der Waals surface area contributed by atoms with E-state index in [4.69, 9.17) is 9.84 Å². The third-order valence-electron chi connectivity index (χ3n) is 1.24. The Kier molecular flexibility index (Phi) is 2.68. The molecule has 1 rings (SSSR count). The quantitative estimate of drug-likeness (QED) is 0.703. The summed E-state index contributed by atoms with van der Waals surface area (Å²) in [5.41, 5.74) is 0.0427. The maximum atomic E-state index is 10.4. The molecule has 0 saturated carbocycles. The Hall–Kier alpha value is -1.52. The highest BCUT2D eigenvalue weighted by Crippen LogP contribution is 2.07. The predicted octanol–water partition coefficient (Wildman–Crippen LogP) is 0.897. The van der Waals surface area contributed by atoms with E-state index in [0.29, 0.717) is 12.5 Å². The molecule has 0 unspecified atom stereocenters. The minimum absolute atomic E-state index is 0.0427. The molecule has 5 heteroatoms. The first-order valence-corrected chi connectivity index (χ1v) is 3.65. The lowest BCUT2D eigenvalue weighted by Crippen LogP contribution is -1.95. The minimum atomic E-state index is -1.03. The number of hydrogen-bond donors (Lipinski definition) is 2. The van der Waals surface area contributed by atoms with Gasteiger partial charge in [0.1, 0.15) is 5.69 Å². The van der Waals surface area contributed by atoms with Crippen molar-refractivity contribution in [2.75, 3.05) is 6.61 Å². The highest BCUT2D eigenvalue weighted by molar-refractivity contribution is 5.85. The number of nitrogens with one attached hydrogen (secondary N) is 1. The van der Waals surface area contributed by atoms with Crippen LogP contribution in [0.1, 0.15) is 23.8 Å². The molecule has 0 radical (unpaired) electrons. The average Bonchev–Trinajstić information content (AvgIpc) is 2.48. The third-order valence-corrected chi connectivity index (χ3v) is 1.24. The Bertz CT molecular complexity index is 269. The summed E-state index contributed by atoms with van der Waals surface area (Å²) in [5, 5.41) is 14.5. The molecule has 66 valence electrons. The number of hydrogen-bond acceptors (Lipinski definition) is 3. The zero-order chi connectivity index (χ0) is 8.97. The summed E-state index contributed by atoms with van der Waals surface area (Å²) >= 11 is 0. The van der Waals surface area contributed by atoms with Crippen LogP contribution in [0.2, 0.25) is 0 Å². The van der Waals surface area contributed by atoms with Crippen LogP contribution in [-0.2, 0) is 0 Å². The van der Waals surface area contributed by atoms with Crippen LogP contribution >= 0.6 is 0 Å². The Labute approximate surface area is 69.4 Å². The van der Waals surface area contributed by atoms with Crippen LogP contribution in [0.15, 0.2) is 6.07 Å². The van der Waals surface area contributed by atoms with Crippen LogP contribution < -0.4 is 4.74 Å². The first kappa shape index (κ1) is 8.58. The van der Waals surface area contributed by atoms with Crippen molar-refractivity contribution in [1.82, 2.24) is 10.2 Å². The van der Waals surface area contributed by atoms with E-state index in [1.807, 2.05) is 6.92 Å². The zero-order valence-electron chi connectivity index (χ0n) is 6.70. The number of aromatic amines is 1. The molecule has 0 aliphatic rings. The van der Waals surface area contributed by atoms with Crippen molar-refractivity contribution >= 4 is 5.97 Å². The highest BCUT2D eigenvalue weighted by atomic mass is 16.5. The van der Waals surface area contributed by atoms with Crippen molar-refractivity contribution in [3.05, 3.63) is 11.8 Å². The first-order chi connectivity index (χ1) is 5.74. The monoisotopic (exact) mass is 170 g/mol. The van der Waals surface area contributed by atoms with E-state index in [0.717, 1.165) is 6.42 Å². The fourth-order valence-electron chi connectivity index (χ4n) is 0.693. The van der Waals surface area contributed by atoms with Gasteiger partial charge in [0.25, 0.3) is 0 Å². The van der Waals surface area contributed by atoms with Gasteiger partial charge in [0.05, 0.1) is 6.61 Å².